The van der Waals surface area contributed by atoms with Gasteiger partial charge in [0.05, 0.1) is 23.4 Å². The van der Waals surface area contributed by atoms with Crippen LogP contribution in [-0.2, 0) is 6.61 Å². The van der Waals surface area contributed by atoms with Crippen LogP contribution in [0.3, 0.4) is 0 Å². The van der Waals surface area contributed by atoms with Gasteiger partial charge in [0.1, 0.15) is 6.61 Å². The maximum Gasteiger partial charge on any atom is 0.335 e. The largest absolute Gasteiger partial charge is 0.493 e. The summed E-state index contributed by atoms with van der Waals surface area (Å²) in [6.07, 6.45) is 1.61. The summed E-state index contributed by atoms with van der Waals surface area (Å²) in [6, 6.07) is 10.2. The number of rotatable bonds is 8. The molecule has 0 aliphatic rings. The summed E-state index contributed by atoms with van der Waals surface area (Å²) in [5.41, 5.74) is 4.44. The van der Waals surface area contributed by atoms with E-state index in [1.54, 1.807) is 37.6 Å². The molecule has 0 saturated carbocycles. The summed E-state index contributed by atoms with van der Waals surface area (Å²) in [6.45, 7) is 2.85. The zero-order valence-electron chi connectivity index (χ0n) is 15.4. The Morgan fingerprint density at radius 3 is 2.82 bits per heavy atom. The molecule has 0 bridgehead atoms. The number of carbonyl (C=O) groups is 1. The van der Waals surface area contributed by atoms with Crippen LogP contribution in [0.15, 0.2) is 46.0 Å². The molecule has 0 saturated heterocycles. The van der Waals surface area contributed by atoms with Gasteiger partial charge in [0.25, 0.3) is 0 Å². The molecule has 148 valence electrons. The first kappa shape index (κ1) is 21.6. The fraction of sp³-hybridized carbons (Fsp3) is 0.211. The van der Waals surface area contributed by atoms with Crippen molar-refractivity contribution in [2.75, 3.05) is 13.7 Å². The molecule has 9 heteroatoms. The Labute approximate surface area is 176 Å². The van der Waals surface area contributed by atoms with Gasteiger partial charge in [-0.05, 0) is 70.5 Å². The monoisotopic (exact) mass is 465 g/mol. The summed E-state index contributed by atoms with van der Waals surface area (Å²) in [7, 11) is 1.54. The molecular weight excluding hydrogens is 446 g/mol. The standard InChI is InChI=1S/C19H20BrN3O4S/c1-3-21-19(28)23-22-10-13-8-15(20)17(16(9-13)26-2)27-11-12-5-4-6-14(7-12)18(24)25/h4-10H,3,11H2,1-2H3,(H,24,25)(H2,21,23,28)/b22-10-. The van der Waals surface area contributed by atoms with Crippen molar-refractivity contribution in [3.63, 3.8) is 0 Å². The molecule has 0 heterocycles. The van der Waals surface area contributed by atoms with Crippen molar-refractivity contribution in [2.24, 2.45) is 5.10 Å². The summed E-state index contributed by atoms with van der Waals surface area (Å²) < 4.78 is 11.9. The second-order valence-corrected chi connectivity index (χ2v) is 6.82. The van der Waals surface area contributed by atoms with Crippen molar-refractivity contribution in [1.29, 1.82) is 0 Å². The number of benzene rings is 2. The molecule has 7 nitrogen and oxygen atoms in total. The van der Waals surface area contributed by atoms with Gasteiger partial charge in [0, 0.05) is 6.54 Å². The topological polar surface area (TPSA) is 92.2 Å². The lowest BCUT2D eigenvalue weighted by molar-refractivity contribution is 0.0696. The highest BCUT2D eigenvalue weighted by molar-refractivity contribution is 9.10. The molecule has 0 aliphatic heterocycles. The number of methoxy groups -OCH3 is 1. The van der Waals surface area contributed by atoms with Crippen molar-refractivity contribution >= 4 is 45.4 Å². The predicted molar refractivity (Wildman–Crippen MR) is 115 cm³/mol. The number of carboxylic acids is 1. The first-order chi connectivity index (χ1) is 13.4. The van der Waals surface area contributed by atoms with Gasteiger partial charge in [0.2, 0.25) is 0 Å². The van der Waals surface area contributed by atoms with Crippen LogP contribution in [-0.4, -0.2) is 36.1 Å². The number of halogens is 1. The van der Waals surface area contributed by atoms with Crippen LogP contribution in [0, 0.1) is 0 Å². The lowest BCUT2D eigenvalue weighted by Gasteiger charge is -2.14. The number of thiocarbonyl (C=S) groups is 1. The second kappa shape index (κ2) is 10.6. The van der Waals surface area contributed by atoms with E-state index in [9.17, 15) is 4.79 Å². The van der Waals surface area contributed by atoms with Crippen LogP contribution >= 0.6 is 28.1 Å². The molecule has 3 N–H and O–H groups in total. The lowest BCUT2D eigenvalue weighted by atomic mass is 10.1. The van der Waals surface area contributed by atoms with Crippen LogP contribution in [0.5, 0.6) is 11.5 Å². The van der Waals surface area contributed by atoms with Gasteiger partial charge < -0.3 is 19.9 Å². The summed E-state index contributed by atoms with van der Waals surface area (Å²) >= 11 is 8.52. The van der Waals surface area contributed by atoms with Gasteiger partial charge in [-0.2, -0.15) is 5.10 Å². The Bertz CT molecular complexity index is 889. The minimum atomic E-state index is -0.980. The molecule has 0 aromatic heterocycles. The second-order valence-electron chi connectivity index (χ2n) is 5.56. The smallest absolute Gasteiger partial charge is 0.335 e. The van der Waals surface area contributed by atoms with Crippen LogP contribution in [0.1, 0.15) is 28.4 Å². The highest BCUT2D eigenvalue weighted by Gasteiger charge is 2.12. The number of aromatic carboxylic acids is 1. The molecule has 28 heavy (non-hydrogen) atoms. The first-order valence-electron chi connectivity index (χ1n) is 8.34. The van der Waals surface area contributed by atoms with Crippen molar-refractivity contribution in [1.82, 2.24) is 10.7 Å². The third-order valence-corrected chi connectivity index (χ3v) is 4.35. The van der Waals surface area contributed by atoms with E-state index in [0.29, 0.717) is 27.6 Å². The Balaban J connectivity index is 2.12. The van der Waals surface area contributed by atoms with E-state index in [4.69, 9.17) is 26.8 Å². The first-order valence-corrected chi connectivity index (χ1v) is 9.54. The molecule has 0 fully saturated rings. The van der Waals surface area contributed by atoms with Crippen molar-refractivity contribution in [2.45, 2.75) is 13.5 Å². The number of ether oxygens (including phenoxy) is 2. The van der Waals surface area contributed by atoms with E-state index in [-0.39, 0.29) is 12.2 Å². The zero-order chi connectivity index (χ0) is 20.5. The summed E-state index contributed by atoms with van der Waals surface area (Å²) in [4.78, 5) is 11.1. The van der Waals surface area contributed by atoms with Crippen LogP contribution < -0.4 is 20.2 Å². The van der Waals surface area contributed by atoms with E-state index in [1.165, 1.54) is 6.07 Å². The summed E-state index contributed by atoms with van der Waals surface area (Å²) in [5, 5.41) is 16.5. The number of hydrogen-bond acceptors (Lipinski definition) is 5. The molecule has 2 aromatic carbocycles. The molecule has 0 radical (unpaired) electrons. The third kappa shape index (κ3) is 6.21. The van der Waals surface area contributed by atoms with Gasteiger partial charge in [-0.3, -0.25) is 5.43 Å². The normalized spacial score (nSPS) is 10.5. The van der Waals surface area contributed by atoms with Crippen LogP contribution in [0.4, 0.5) is 0 Å². The van der Waals surface area contributed by atoms with E-state index >= 15 is 0 Å². The maximum atomic E-state index is 11.1. The minimum absolute atomic E-state index is 0.196. The number of nitrogens with zero attached hydrogens (tertiary/aromatic N) is 1. The highest BCUT2D eigenvalue weighted by Crippen LogP contribution is 2.36. The molecule has 0 amide bonds. The molecule has 2 rings (SSSR count). The fourth-order valence-electron chi connectivity index (χ4n) is 2.27. The van der Waals surface area contributed by atoms with Crippen molar-refractivity contribution in [3.05, 3.63) is 57.6 Å². The molecule has 0 spiro atoms. The molecule has 0 aliphatic carbocycles. The molecule has 0 atom stereocenters. The number of nitrogens with one attached hydrogen (secondary N) is 2. The number of hydrazone groups is 1. The number of carboxylic acid groups (broad SMARTS) is 1. The summed E-state index contributed by atoms with van der Waals surface area (Å²) in [5.74, 6) is 0.0439. The third-order valence-electron chi connectivity index (χ3n) is 3.53. The van der Waals surface area contributed by atoms with Crippen LogP contribution in [0.25, 0.3) is 0 Å². The molecular formula is C19H20BrN3O4S. The van der Waals surface area contributed by atoms with Gasteiger partial charge >= 0.3 is 5.97 Å². The van der Waals surface area contributed by atoms with Gasteiger partial charge in [0.15, 0.2) is 16.6 Å². The van der Waals surface area contributed by atoms with Gasteiger partial charge in [-0.25, -0.2) is 4.79 Å². The maximum absolute atomic E-state index is 11.1. The highest BCUT2D eigenvalue weighted by atomic mass is 79.9. The lowest BCUT2D eigenvalue weighted by Crippen LogP contribution is -2.31. The molecule has 0 unspecified atom stereocenters. The Hall–Kier alpha value is -2.65. The van der Waals surface area contributed by atoms with Gasteiger partial charge in [-0.1, -0.05) is 12.1 Å². The quantitative estimate of drug-likeness (QED) is 0.311. The van der Waals surface area contributed by atoms with E-state index in [2.05, 4.69) is 31.8 Å². The van der Waals surface area contributed by atoms with Gasteiger partial charge in [-0.15, -0.1) is 0 Å². The fourth-order valence-corrected chi connectivity index (χ4v) is 3.04. The zero-order valence-corrected chi connectivity index (χ0v) is 17.8. The Morgan fingerprint density at radius 1 is 1.36 bits per heavy atom. The average molecular weight is 466 g/mol. The average Bonchev–Trinajstić information content (AvgIpc) is 2.67. The SMILES string of the molecule is CCNC(=S)N/N=C\c1cc(Br)c(OCc2cccc(C(=O)O)c2)c(OC)c1. The van der Waals surface area contributed by atoms with E-state index in [0.717, 1.165) is 11.1 Å². The predicted octanol–water partition coefficient (Wildman–Crippen LogP) is 3.55. The Kier molecular flexibility index (Phi) is 8.21. The molecule has 2 aromatic rings. The van der Waals surface area contributed by atoms with Crippen LogP contribution in [0.2, 0.25) is 0 Å². The van der Waals surface area contributed by atoms with E-state index < -0.39 is 5.97 Å². The van der Waals surface area contributed by atoms with Crippen molar-refractivity contribution in [3.8, 4) is 11.5 Å². The Morgan fingerprint density at radius 2 is 2.14 bits per heavy atom. The minimum Gasteiger partial charge on any atom is -0.493 e. The van der Waals surface area contributed by atoms with E-state index in [1.807, 2.05) is 13.0 Å². The van der Waals surface area contributed by atoms with Crippen molar-refractivity contribution < 1.29 is 19.4 Å². The number of hydrogen-bond donors (Lipinski definition) is 3.